The smallest absolute Gasteiger partial charge is 0.228 e. The van der Waals surface area contributed by atoms with Gasteiger partial charge in [0.15, 0.2) is 0 Å². The Morgan fingerprint density at radius 1 is 1.00 bits per heavy atom. The first-order valence-corrected chi connectivity index (χ1v) is 10.1. The van der Waals surface area contributed by atoms with E-state index < -0.39 is 0 Å². The van der Waals surface area contributed by atoms with Crippen LogP contribution in [-0.2, 0) is 17.8 Å². The summed E-state index contributed by atoms with van der Waals surface area (Å²) in [5.41, 5.74) is 10.4. The highest BCUT2D eigenvalue weighted by Gasteiger charge is 2.34. The number of fused-ring (bicyclic) bond motifs is 1. The number of aromatic nitrogens is 1. The zero-order valence-corrected chi connectivity index (χ0v) is 16.2. The summed E-state index contributed by atoms with van der Waals surface area (Å²) >= 11 is 0. The Kier molecular flexibility index (Phi) is 4.87. The van der Waals surface area contributed by atoms with Crippen molar-refractivity contribution in [1.29, 1.82) is 0 Å². The van der Waals surface area contributed by atoms with Gasteiger partial charge in [-0.2, -0.15) is 0 Å². The Morgan fingerprint density at radius 2 is 1.62 bits per heavy atom. The first kappa shape index (κ1) is 18.1. The summed E-state index contributed by atoms with van der Waals surface area (Å²) in [4.78, 5) is 14.9. The Balaban J connectivity index is 1.51. The molecule has 0 aliphatic carbocycles. The van der Waals surface area contributed by atoms with Crippen LogP contribution in [0.2, 0.25) is 0 Å². The second kappa shape index (κ2) is 7.81. The number of hydrazine groups is 1. The van der Waals surface area contributed by atoms with E-state index in [0.717, 1.165) is 17.0 Å². The molecular weight excluding hydrogens is 364 g/mol. The molecule has 2 aliphatic rings. The van der Waals surface area contributed by atoms with Crippen molar-refractivity contribution in [2.45, 2.75) is 18.9 Å². The molecule has 148 valence electrons. The van der Waals surface area contributed by atoms with Crippen LogP contribution in [0.1, 0.15) is 34.1 Å². The highest BCUT2D eigenvalue weighted by atomic mass is 16.5. The number of benzene rings is 2. The molecule has 1 aromatic heterocycles. The Morgan fingerprint density at radius 3 is 2.24 bits per heavy atom. The molecule has 0 unspecified atom stereocenters. The minimum Gasteiger partial charge on any atom is -0.361 e. The number of amides is 1. The molecule has 0 saturated carbocycles. The van der Waals surface area contributed by atoms with Crippen molar-refractivity contribution < 1.29 is 9.32 Å². The highest BCUT2D eigenvalue weighted by Crippen LogP contribution is 2.36. The highest BCUT2D eigenvalue weighted by molar-refractivity contribution is 5.80. The summed E-state index contributed by atoms with van der Waals surface area (Å²) in [5, 5.41) is 4.50. The third-order valence-corrected chi connectivity index (χ3v) is 5.88. The molecule has 5 rings (SSSR count). The average molecular weight is 388 g/mol. The van der Waals surface area contributed by atoms with E-state index in [2.05, 4.69) is 40.3 Å². The van der Waals surface area contributed by atoms with E-state index >= 15 is 0 Å². The van der Waals surface area contributed by atoms with Gasteiger partial charge in [-0.3, -0.25) is 15.6 Å². The van der Waals surface area contributed by atoms with Crippen LogP contribution in [-0.4, -0.2) is 35.6 Å². The Labute approximate surface area is 169 Å². The van der Waals surface area contributed by atoms with E-state index in [4.69, 9.17) is 4.52 Å². The maximum atomic E-state index is 12.9. The van der Waals surface area contributed by atoms with Crippen molar-refractivity contribution >= 4 is 5.91 Å². The fraction of sp³-hybridized carbons (Fsp3) is 0.304. The quantitative estimate of drug-likeness (QED) is 0.719. The third kappa shape index (κ3) is 3.45. The number of nitrogens with zero attached hydrogens (tertiary/aromatic N) is 2. The topological polar surface area (TPSA) is 70.4 Å². The van der Waals surface area contributed by atoms with Crippen molar-refractivity contribution in [3.63, 3.8) is 0 Å². The lowest BCUT2D eigenvalue weighted by Crippen LogP contribution is -2.41. The SMILES string of the molecule is O=C(C1CNNC1)N1CCc2onc(C(c3ccccc3)c3ccccc3)c2C1. The number of nitrogens with one attached hydrogen (secondary N) is 2. The van der Waals surface area contributed by atoms with Crippen LogP contribution in [0.4, 0.5) is 0 Å². The van der Waals surface area contributed by atoms with E-state index in [0.29, 0.717) is 32.6 Å². The average Bonchev–Trinajstić information content (AvgIpc) is 3.45. The summed E-state index contributed by atoms with van der Waals surface area (Å²) in [5.74, 6) is 1.06. The molecule has 1 saturated heterocycles. The standard InChI is InChI=1S/C23H24N4O2/c28-23(18-13-24-25-14-18)27-12-11-20-19(15-27)22(26-29-20)21(16-7-3-1-4-8-16)17-9-5-2-6-10-17/h1-10,18,21,24-25H,11-15H2. The van der Waals surface area contributed by atoms with Crippen LogP contribution in [0.5, 0.6) is 0 Å². The summed E-state index contributed by atoms with van der Waals surface area (Å²) in [6.45, 7) is 2.59. The molecule has 1 amide bonds. The van der Waals surface area contributed by atoms with Crippen molar-refractivity contribution in [3.05, 3.63) is 88.8 Å². The molecule has 2 N–H and O–H groups in total. The van der Waals surface area contributed by atoms with Crippen LogP contribution >= 0.6 is 0 Å². The molecule has 0 bridgehead atoms. The second-order valence-corrected chi connectivity index (χ2v) is 7.69. The molecule has 0 radical (unpaired) electrons. The largest absolute Gasteiger partial charge is 0.361 e. The van der Waals surface area contributed by atoms with Gasteiger partial charge in [-0.25, -0.2) is 0 Å². The molecule has 6 nitrogen and oxygen atoms in total. The maximum absolute atomic E-state index is 12.9. The van der Waals surface area contributed by atoms with Gasteiger partial charge in [0.2, 0.25) is 5.91 Å². The fourth-order valence-electron chi connectivity index (χ4n) is 4.34. The van der Waals surface area contributed by atoms with Gasteiger partial charge in [0, 0.05) is 31.6 Å². The van der Waals surface area contributed by atoms with Gasteiger partial charge < -0.3 is 9.42 Å². The maximum Gasteiger partial charge on any atom is 0.228 e. The zero-order valence-electron chi connectivity index (χ0n) is 16.2. The van der Waals surface area contributed by atoms with Crippen LogP contribution in [0.3, 0.4) is 0 Å². The first-order valence-electron chi connectivity index (χ1n) is 10.1. The van der Waals surface area contributed by atoms with Crippen molar-refractivity contribution in [2.24, 2.45) is 5.92 Å². The summed E-state index contributed by atoms with van der Waals surface area (Å²) in [6, 6.07) is 20.7. The van der Waals surface area contributed by atoms with E-state index in [1.165, 1.54) is 11.1 Å². The summed E-state index contributed by atoms with van der Waals surface area (Å²) < 4.78 is 5.75. The second-order valence-electron chi connectivity index (χ2n) is 7.69. The van der Waals surface area contributed by atoms with Gasteiger partial charge in [-0.05, 0) is 11.1 Å². The van der Waals surface area contributed by atoms with Gasteiger partial charge in [0.05, 0.1) is 18.4 Å². The lowest BCUT2D eigenvalue weighted by molar-refractivity contribution is -0.135. The number of carbonyl (C=O) groups is 1. The molecule has 2 aliphatic heterocycles. The lowest BCUT2D eigenvalue weighted by atomic mass is 9.85. The number of hydrogen-bond donors (Lipinski definition) is 2. The summed E-state index contributed by atoms with van der Waals surface area (Å²) in [6.07, 6.45) is 0.706. The van der Waals surface area contributed by atoms with Crippen LogP contribution in [0, 0.1) is 5.92 Å². The van der Waals surface area contributed by atoms with E-state index in [1.54, 1.807) is 0 Å². The molecule has 0 atom stereocenters. The first-order chi connectivity index (χ1) is 14.3. The molecule has 3 aromatic rings. The van der Waals surface area contributed by atoms with Crippen molar-refractivity contribution in [2.75, 3.05) is 19.6 Å². The van der Waals surface area contributed by atoms with Crippen LogP contribution in [0.25, 0.3) is 0 Å². The Hall–Kier alpha value is -2.96. The fourth-order valence-corrected chi connectivity index (χ4v) is 4.34. The normalized spacial score (nSPS) is 16.9. The summed E-state index contributed by atoms with van der Waals surface area (Å²) in [7, 11) is 0. The number of rotatable bonds is 4. The van der Waals surface area contributed by atoms with Crippen LogP contribution < -0.4 is 10.9 Å². The third-order valence-electron chi connectivity index (χ3n) is 5.88. The molecule has 1 fully saturated rings. The molecule has 6 heteroatoms. The van der Waals surface area contributed by atoms with Gasteiger partial charge in [-0.15, -0.1) is 0 Å². The minimum absolute atomic E-state index is 0.0149. The predicted molar refractivity (Wildman–Crippen MR) is 109 cm³/mol. The minimum atomic E-state index is -0.0187. The zero-order chi connectivity index (χ0) is 19.6. The van der Waals surface area contributed by atoms with E-state index in [9.17, 15) is 4.79 Å². The Bertz CT molecular complexity index is 941. The molecule has 0 spiro atoms. The van der Waals surface area contributed by atoms with Crippen molar-refractivity contribution in [3.8, 4) is 0 Å². The van der Waals surface area contributed by atoms with Crippen LogP contribution in [0.15, 0.2) is 65.2 Å². The molecule has 29 heavy (non-hydrogen) atoms. The molecule has 3 heterocycles. The lowest BCUT2D eigenvalue weighted by Gasteiger charge is -2.29. The van der Waals surface area contributed by atoms with Gasteiger partial charge in [0.1, 0.15) is 11.5 Å². The van der Waals surface area contributed by atoms with E-state index in [-0.39, 0.29) is 17.7 Å². The van der Waals surface area contributed by atoms with Crippen molar-refractivity contribution in [1.82, 2.24) is 20.9 Å². The van der Waals surface area contributed by atoms with Gasteiger partial charge in [-0.1, -0.05) is 65.8 Å². The number of carbonyl (C=O) groups excluding carboxylic acids is 1. The van der Waals surface area contributed by atoms with Gasteiger partial charge in [0.25, 0.3) is 0 Å². The molecular formula is C23H24N4O2. The monoisotopic (exact) mass is 388 g/mol. The molecule has 2 aromatic carbocycles. The number of hydrogen-bond acceptors (Lipinski definition) is 5. The van der Waals surface area contributed by atoms with E-state index in [1.807, 2.05) is 41.3 Å². The van der Waals surface area contributed by atoms with Gasteiger partial charge >= 0.3 is 0 Å². The predicted octanol–water partition coefficient (Wildman–Crippen LogP) is 2.46.